The van der Waals surface area contributed by atoms with Crippen LogP contribution < -0.4 is 5.32 Å². The summed E-state index contributed by atoms with van der Waals surface area (Å²) in [6, 6.07) is 0. The Morgan fingerprint density at radius 2 is 2.25 bits per heavy atom. The molecule has 3 atom stereocenters. The largest absolute Gasteiger partial charge is 0.372 e. The Labute approximate surface area is 74.1 Å². The number of hydrogen-bond donors (Lipinski definition) is 1. The lowest BCUT2D eigenvalue weighted by atomic mass is 10.0. The first-order valence-electron chi connectivity index (χ1n) is 4.76. The summed E-state index contributed by atoms with van der Waals surface area (Å²) in [5.74, 6) is 0.787. The van der Waals surface area contributed by atoms with Crippen LogP contribution in [0.15, 0.2) is 0 Å². The van der Waals surface area contributed by atoms with Crippen LogP contribution in [0.4, 0.5) is 0 Å². The maximum Gasteiger partial charge on any atom is 0.0745 e. The lowest BCUT2D eigenvalue weighted by Crippen LogP contribution is -2.28. The van der Waals surface area contributed by atoms with E-state index >= 15 is 0 Å². The summed E-state index contributed by atoms with van der Waals surface area (Å²) in [5.41, 5.74) is 0. The van der Waals surface area contributed by atoms with Gasteiger partial charge in [-0.05, 0) is 20.5 Å². The van der Waals surface area contributed by atoms with Gasteiger partial charge in [0.25, 0.3) is 0 Å². The Bertz CT molecular complexity index is 149. The van der Waals surface area contributed by atoms with Crippen molar-refractivity contribution in [1.29, 1.82) is 0 Å². The molecule has 2 aliphatic heterocycles. The first kappa shape index (κ1) is 8.48. The minimum Gasteiger partial charge on any atom is -0.372 e. The zero-order valence-electron chi connectivity index (χ0n) is 7.92. The molecular formula is C9H18N2O. The fourth-order valence-electron chi connectivity index (χ4n) is 2.27. The molecule has 1 N–H and O–H groups in total. The van der Waals surface area contributed by atoms with Crippen LogP contribution in [0.1, 0.15) is 6.42 Å². The highest BCUT2D eigenvalue weighted by Crippen LogP contribution is 2.28. The van der Waals surface area contributed by atoms with E-state index in [0.717, 1.165) is 25.6 Å². The third-order valence-electron chi connectivity index (χ3n) is 2.78. The average Bonchev–Trinajstić information content (AvgIpc) is 2.43. The lowest BCUT2D eigenvalue weighted by Gasteiger charge is -2.16. The molecule has 0 aromatic rings. The topological polar surface area (TPSA) is 24.5 Å². The van der Waals surface area contributed by atoms with Crippen molar-refractivity contribution < 1.29 is 4.74 Å². The zero-order chi connectivity index (χ0) is 8.55. The second kappa shape index (κ2) is 3.32. The molecule has 2 aliphatic rings. The van der Waals surface area contributed by atoms with Gasteiger partial charge in [-0.15, -0.1) is 0 Å². The molecule has 2 rings (SSSR count). The van der Waals surface area contributed by atoms with Crippen molar-refractivity contribution in [2.45, 2.75) is 18.6 Å². The minimum atomic E-state index is 0.483. The number of nitrogens with one attached hydrogen (secondary N) is 1. The standard InChI is InChI=1S/C9H18N2O/c1-11(2)6-8-3-7-4-10-5-9(7)12-8/h7-10H,3-6H2,1-2H3/t7-,8+,9+/m0/s1. The fraction of sp³-hybridized carbons (Fsp3) is 1.00. The van der Waals surface area contributed by atoms with Gasteiger partial charge in [0.15, 0.2) is 0 Å². The molecule has 0 saturated carbocycles. The molecule has 0 aromatic heterocycles. The normalized spacial score (nSPS) is 40.8. The van der Waals surface area contributed by atoms with Crippen molar-refractivity contribution in [2.24, 2.45) is 5.92 Å². The highest BCUT2D eigenvalue weighted by atomic mass is 16.5. The van der Waals surface area contributed by atoms with Gasteiger partial charge in [-0.3, -0.25) is 0 Å². The van der Waals surface area contributed by atoms with Gasteiger partial charge in [0.1, 0.15) is 0 Å². The van der Waals surface area contributed by atoms with E-state index in [9.17, 15) is 0 Å². The summed E-state index contributed by atoms with van der Waals surface area (Å²) in [7, 11) is 4.21. The van der Waals surface area contributed by atoms with Gasteiger partial charge in [0.2, 0.25) is 0 Å². The van der Waals surface area contributed by atoms with E-state index in [4.69, 9.17) is 4.74 Å². The van der Waals surface area contributed by atoms with Crippen LogP contribution >= 0.6 is 0 Å². The monoisotopic (exact) mass is 170 g/mol. The molecule has 0 spiro atoms. The molecule has 0 radical (unpaired) electrons. The van der Waals surface area contributed by atoms with Crippen molar-refractivity contribution >= 4 is 0 Å². The Morgan fingerprint density at radius 3 is 2.92 bits per heavy atom. The SMILES string of the molecule is CN(C)C[C@H]1C[C@H]2CNC[C@H]2O1. The molecule has 0 amide bonds. The van der Waals surface area contributed by atoms with Crippen LogP contribution in [0.3, 0.4) is 0 Å². The predicted molar refractivity (Wildman–Crippen MR) is 48.2 cm³/mol. The van der Waals surface area contributed by atoms with Crippen LogP contribution in [0.5, 0.6) is 0 Å². The number of ether oxygens (including phenoxy) is 1. The summed E-state index contributed by atoms with van der Waals surface area (Å²) in [6.07, 6.45) is 2.24. The van der Waals surface area contributed by atoms with Gasteiger partial charge in [0.05, 0.1) is 12.2 Å². The van der Waals surface area contributed by atoms with Crippen molar-refractivity contribution in [2.75, 3.05) is 33.7 Å². The quantitative estimate of drug-likeness (QED) is 0.627. The van der Waals surface area contributed by atoms with Crippen LogP contribution in [-0.4, -0.2) is 50.8 Å². The number of rotatable bonds is 2. The summed E-state index contributed by atoms with van der Waals surface area (Å²) < 4.78 is 5.89. The highest BCUT2D eigenvalue weighted by molar-refractivity contribution is 4.90. The summed E-state index contributed by atoms with van der Waals surface area (Å²) >= 11 is 0. The maximum atomic E-state index is 5.89. The van der Waals surface area contributed by atoms with Gasteiger partial charge in [-0.2, -0.15) is 0 Å². The van der Waals surface area contributed by atoms with E-state index in [2.05, 4.69) is 24.3 Å². The van der Waals surface area contributed by atoms with Gasteiger partial charge in [-0.25, -0.2) is 0 Å². The van der Waals surface area contributed by atoms with Crippen molar-refractivity contribution in [3.63, 3.8) is 0 Å². The second-order valence-corrected chi connectivity index (χ2v) is 4.21. The Hall–Kier alpha value is -0.120. The fourth-order valence-corrected chi connectivity index (χ4v) is 2.27. The minimum absolute atomic E-state index is 0.483. The lowest BCUT2D eigenvalue weighted by molar-refractivity contribution is 0.0340. The number of nitrogens with zero attached hydrogens (tertiary/aromatic N) is 1. The van der Waals surface area contributed by atoms with Crippen molar-refractivity contribution in [1.82, 2.24) is 10.2 Å². The van der Waals surface area contributed by atoms with E-state index in [1.165, 1.54) is 6.42 Å². The predicted octanol–water partition coefficient (Wildman–Crippen LogP) is -0.0751. The zero-order valence-corrected chi connectivity index (χ0v) is 7.92. The van der Waals surface area contributed by atoms with Crippen LogP contribution in [0.2, 0.25) is 0 Å². The van der Waals surface area contributed by atoms with E-state index < -0.39 is 0 Å². The summed E-state index contributed by atoms with van der Waals surface area (Å²) in [4.78, 5) is 2.21. The van der Waals surface area contributed by atoms with E-state index in [1.807, 2.05) is 0 Å². The molecule has 0 aromatic carbocycles. The average molecular weight is 170 g/mol. The molecule has 2 saturated heterocycles. The molecule has 2 fully saturated rings. The molecule has 0 bridgehead atoms. The first-order chi connectivity index (χ1) is 5.75. The third-order valence-corrected chi connectivity index (χ3v) is 2.78. The molecule has 2 heterocycles. The summed E-state index contributed by atoms with van der Waals surface area (Å²) in [5, 5.41) is 3.36. The van der Waals surface area contributed by atoms with Gasteiger partial charge in [0, 0.05) is 25.6 Å². The van der Waals surface area contributed by atoms with Crippen LogP contribution in [0.25, 0.3) is 0 Å². The number of likely N-dealkylation sites (N-methyl/N-ethyl adjacent to an activating group) is 1. The Morgan fingerprint density at radius 1 is 1.42 bits per heavy atom. The number of fused-ring (bicyclic) bond motifs is 1. The van der Waals surface area contributed by atoms with Gasteiger partial charge >= 0.3 is 0 Å². The molecule has 0 aliphatic carbocycles. The first-order valence-corrected chi connectivity index (χ1v) is 4.76. The molecule has 70 valence electrons. The maximum absolute atomic E-state index is 5.89. The molecule has 3 heteroatoms. The van der Waals surface area contributed by atoms with E-state index in [1.54, 1.807) is 0 Å². The molecular weight excluding hydrogens is 152 g/mol. The third kappa shape index (κ3) is 1.63. The molecule has 3 nitrogen and oxygen atoms in total. The van der Waals surface area contributed by atoms with Crippen molar-refractivity contribution in [3.8, 4) is 0 Å². The van der Waals surface area contributed by atoms with Crippen LogP contribution in [-0.2, 0) is 4.74 Å². The number of hydrogen-bond acceptors (Lipinski definition) is 3. The Balaban J connectivity index is 1.82. The van der Waals surface area contributed by atoms with Gasteiger partial charge in [-0.1, -0.05) is 0 Å². The highest BCUT2D eigenvalue weighted by Gasteiger charge is 2.38. The van der Waals surface area contributed by atoms with E-state index in [0.29, 0.717) is 12.2 Å². The Kier molecular flexibility index (Phi) is 2.35. The van der Waals surface area contributed by atoms with Crippen LogP contribution in [0, 0.1) is 5.92 Å². The molecule has 12 heavy (non-hydrogen) atoms. The van der Waals surface area contributed by atoms with Crippen molar-refractivity contribution in [3.05, 3.63) is 0 Å². The summed E-state index contributed by atoms with van der Waals surface area (Å²) in [6.45, 7) is 3.30. The second-order valence-electron chi connectivity index (χ2n) is 4.21. The smallest absolute Gasteiger partial charge is 0.0745 e. The van der Waals surface area contributed by atoms with E-state index in [-0.39, 0.29) is 0 Å². The van der Waals surface area contributed by atoms with Gasteiger partial charge < -0.3 is 15.0 Å². The molecule has 0 unspecified atom stereocenters.